The first kappa shape index (κ1) is 20.8. The Morgan fingerprint density at radius 3 is 2.23 bits per heavy atom. The van der Waals surface area contributed by atoms with E-state index in [0.29, 0.717) is 22.0 Å². The van der Waals surface area contributed by atoms with Crippen LogP contribution in [-0.2, 0) is 4.79 Å². The quantitative estimate of drug-likeness (QED) is 0.414. The largest absolute Gasteiger partial charge is 0.322 e. The Hall–Kier alpha value is -3.44. The van der Waals surface area contributed by atoms with E-state index in [4.69, 9.17) is 11.6 Å². The van der Waals surface area contributed by atoms with Gasteiger partial charge >= 0.3 is 0 Å². The predicted octanol–water partition coefficient (Wildman–Crippen LogP) is 5.24. The van der Waals surface area contributed by atoms with Crippen molar-refractivity contribution >= 4 is 34.8 Å². The van der Waals surface area contributed by atoms with Gasteiger partial charge < -0.3 is 5.32 Å². The van der Waals surface area contributed by atoms with E-state index in [-0.39, 0.29) is 23.7 Å². The van der Waals surface area contributed by atoms with Crippen molar-refractivity contribution < 1.29 is 9.59 Å². The van der Waals surface area contributed by atoms with Crippen LogP contribution in [0.15, 0.2) is 84.0 Å². The van der Waals surface area contributed by atoms with Crippen LogP contribution in [0.3, 0.4) is 0 Å². The smallest absolute Gasteiger partial charge is 0.255 e. The molecular formula is C25H22ClN3O2. The molecule has 2 atom stereocenters. The number of nitrogens with one attached hydrogen (secondary N) is 2. The summed E-state index contributed by atoms with van der Waals surface area (Å²) in [6.07, 6.45) is 0.854. The highest BCUT2D eigenvalue weighted by Gasteiger charge is 2.43. The molecule has 5 nitrogen and oxygen atoms in total. The zero-order valence-electron chi connectivity index (χ0n) is 17.0. The van der Waals surface area contributed by atoms with Gasteiger partial charge in [0.25, 0.3) is 5.91 Å². The average Bonchev–Trinajstić information content (AvgIpc) is 3.60. The lowest BCUT2D eigenvalue weighted by molar-refractivity contribution is -0.122. The Morgan fingerprint density at radius 2 is 1.55 bits per heavy atom. The van der Waals surface area contributed by atoms with Gasteiger partial charge in [-0.05, 0) is 66.8 Å². The van der Waals surface area contributed by atoms with Crippen LogP contribution in [0.2, 0.25) is 5.02 Å². The number of hydrogen-bond donors (Lipinski definition) is 2. The fourth-order valence-electron chi connectivity index (χ4n) is 3.44. The minimum atomic E-state index is -0.209. The van der Waals surface area contributed by atoms with E-state index >= 15 is 0 Å². The first-order valence-electron chi connectivity index (χ1n) is 10.1. The molecule has 0 bridgehead atoms. The Balaban J connectivity index is 1.32. The first-order chi connectivity index (χ1) is 15.0. The fourth-order valence-corrected chi connectivity index (χ4v) is 3.57. The Kier molecular flexibility index (Phi) is 6.14. The van der Waals surface area contributed by atoms with Crippen LogP contribution >= 0.6 is 11.6 Å². The summed E-state index contributed by atoms with van der Waals surface area (Å²) in [4.78, 5) is 24.7. The topological polar surface area (TPSA) is 70.6 Å². The zero-order valence-corrected chi connectivity index (χ0v) is 17.8. The normalized spacial score (nSPS) is 17.7. The maximum atomic E-state index is 12.4. The molecule has 0 heterocycles. The summed E-state index contributed by atoms with van der Waals surface area (Å²) in [7, 11) is 0. The molecule has 4 rings (SSSR count). The standard InChI is InChI=1S/C25H22ClN3O2/c1-16(28-29-25(31)23-15-22(23)18-5-3-2-4-6-18)17-9-13-21(14-10-17)27-24(30)19-7-11-20(26)12-8-19/h2-14,22-23H,15H2,1H3,(H,27,30)(H,29,31)/b28-16+. The molecule has 0 aromatic heterocycles. The van der Waals surface area contributed by atoms with Crippen LogP contribution in [-0.4, -0.2) is 17.5 Å². The second-order valence-electron chi connectivity index (χ2n) is 7.57. The van der Waals surface area contributed by atoms with E-state index in [0.717, 1.165) is 12.0 Å². The molecule has 0 spiro atoms. The summed E-state index contributed by atoms with van der Waals surface area (Å²) in [5.41, 5.74) is 6.64. The second-order valence-corrected chi connectivity index (χ2v) is 8.01. The van der Waals surface area contributed by atoms with E-state index in [1.165, 1.54) is 5.56 Å². The second kappa shape index (κ2) is 9.14. The van der Waals surface area contributed by atoms with Gasteiger partial charge in [-0.3, -0.25) is 9.59 Å². The lowest BCUT2D eigenvalue weighted by atomic mass is 10.1. The fraction of sp³-hybridized carbons (Fsp3) is 0.160. The van der Waals surface area contributed by atoms with Gasteiger partial charge in [0, 0.05) is 22.2 Å². The highest BCUT2D eigenvalue weighted by atomic mass is 35.5. The molecule has 156 valence electrons. The number of rotatable bonds is 6. The summed E-state index contributed by atoms with van der Waals surface area (Å²) >= 11 is 5.86. The Bertz CT molecular complexity index is 1110. The van der Waals surface area contributed by atoms with Gasteiger partial charge in [-0.15, -0.1) is 0 Å². The highest BCUT2D eigenvalue weighted by Crippen LogP contribution is 2.47. The van der Waals surface area contributed by atoms with E-state index in [9.17, 15) is 9.59 Å². The van der Waals surface area contributed by atoms with Gasteiger partial charge in [-0.2, -0.15) is 5.10 Å². The van der Waals surface area contributed by atoms with Gasteiger partial charge in [-0.25, -0.2) is 5.43 Å². The molecule has 31 heavy (non-hydrogen) atoms. The number of hydrogen-bond acceptors (Lipinski definition) is 3. The molecule has 3 aromatic carbocycles. The van der Waals surface area contributed by atoms with Crippen LogP contribution in [0, 0.1) is 5.92 Å². The van der Waals surface area contributed by atoms with E-state index < -0.39 is 0 Å². The monoisotopic (exact) mass is 431 g/mol. The zero-order chi connectivity index (χ0) is 21.8. The predicted molar refractivity (Wildman–Crippen MR) is 123 cm³/mol. The molecule has 1 aliphatic carbocycles. The maximum absolute atomic E-state index is 12.4. The average molecular weight is 432 g/mol. The SMILES string of the molecule is C/C(=N\NC(=O)C1CC1c1ccccc1)c1ccc(NC(=O)c2ccc(Cl)cc2)cc1. The van der Waals surface area contributed by atoms with Gasteiger partial charge in [0.05, 0.1) is 5.71 Å². The first-order valence-corrected chi connectivity index (χ1v) is 10.5. The third-order valence-electron chi connectivity index (χ3n) is 5.36. The lowest BCUT2D eigenvalue weighted by Gasteiger charge is -2.07. The van der Waals surface area contributed by atoms with Crippen molar-refractivity contribution in [3.8, 4) is 0 Å². The van der Waals surface area contributed by atoms with E-state index in [2.05, 4.69) is 28.0 Å². The van der Waals surface area contributed by atoms with Gasteiger partial charge in [0.2, 0.25) is 5.91 Å². The molecule has 1 aliphatic rings. The van der Waals surface area contributed by atoms with E-state index in [1.807, 2.05) is 37.3 Å². The molecule has 2 amide bonds. The van der Waals surface area contributed by atoms with Crippen LogP contribution in [0.5, 0.6) is 0 Å². The van der Waals surface area contributed by atoms with Gasteiger partial charge in [0.15, 0.2) is 0 Å². The molecule has 0 saturated heterocycles. The van der Waals surface area contributed by atoms with Gasteiger partial charge in [-0.1, -0.05) is 54.1 Å². The summed E-state index contributed by atoms with van der Waals surface area (Å²) in [5.74, 6) is -0.0100. The number of benzene rings is 3. The number of halogens is 1. The number of nitrogens with zero attached hydrogens (tertiary/aromatic N) is 1. The molecule has 6 heteroatoms. The van der Waals surface area contributed by atoms with Crippen molar-refractivity contribution in [1.82, 2.24) is 5.43 Å². The van der Waals surface area contributed by atoms with Crippen molar-refractivity contribution in [1.29, 1.82) is 0 Å². The van der Waals surface area contributed by atoms with Crippen molar-refractivity contribution in [3.63, 3.8) is 0 Å². The minimum absolute atomic E-state index is 0.0237. The van der Waals surface area contributed by atoms with Gasteiger partial charge in [0.1, 0.15) is 0 Å². The summed E-state index contributed by atoms with van der Waals surface area (Å²) in [5, 5.41) is 7.68. The number of hydrazone groups is 1. The van der Waals surface area contributed by atoms with Crippen LogP contribution in [0.1, 0.15) is 40.7 Å². The Morgan fingerprint density at radius 1 is 0.903 bits per heavy atom. The third kappa shape index (κ3) is 5.19. The molecule has 2 N–H and O–H groups in total. The number of carbonyl (C=O) groups excluding carboxylic acids is 2. The van der Waals surface area contributed by atoms with Crippen LogP contribution in [0.4, 0.5) is 5.69 Å². The summed E-state index contributed by atoms with van der Waals surface area (Å²) < 4.78 is 0. The molecule has 0 radical (unpaired) electrons. The minimum Gasteiger partial charge on any atom is -0.322 e. The lowest BCUT2D eigenvalue weighted by Crippen LogP contribution is -2.21. The molecule has 1 saturated carbocycles. The van der Waals surface area contributed by atoms with Crippen LogP contribution < -0.4 is 10.7 Å². The van der Waals surface area contributed by atoms with E-state index in [1.54, 1.807) is 36.4 Å². The van der Waals surface area contributed by atoms with Crippen molar-refractivity contribution in [2.75, 3.05) is 5.32 Å². The van der Waals surface area contributed by atoms with Crippen molar-refractivity contribution in [2.24, 2.45) is 11.0 Å². The Labute approximate surface area is 186 Å². The maximum Gasteiger partial charge on any atom is 0.255 e. The van der Waals surface area contributed by atoms with Crippen LogP contribution in [0.25, 0.3) is 0 Å². The summed E-state index contributed by atoms with van der Waals surface area (Å²) in [6.45, 7) is 1.84. The highest BCUT2D eigenvalue weighted by molar-refractivity contribution is 6.30. The van der Waals surface area contributed by atoms with Crippen molar-refractivity contribution in [2.45, 2.75) is 19.3 Å². The molecule has 3 aromatic rings. The molecule has 0 aliphatic heterocycles. The molecular weight excluding hydrogens is 410 g/mol. The number of amides is 2. The molecule has 1 fully saturated rings. The third-order valence-corrected chi connectivity index (χ3v) is 5.61. The molecule has 2 unspecified atom stereocenters. The summed E-state index contributed by atoms with van der Waals surface area (Å²) in [6, 6.07) is 24.1. The number of carbonyl (C=O) groups is 2. The van der Waals surface area contributed by atoms with Crippen molar-refractivity contribution in [3.05, 3.63) is 101 Å². The number of anilines is 1.